The van der Waals surface area contributed by atoms with Crippen LogP contribution in [0.4, 0.5) is 0 Å². The second-order valence-corrected chi connectivity index (χ2v) is 7.81. The number of methoxy groups -OCH3 is 1. The number of hydrogen-bond donors (Lipinski definition) is 0. The average molecular weight is 443 g/mol. The minimum atomic E-state index is -0.479. The Morgan fingerprint density at radius 1 is 1.03 bits per heavy atom. The van der Waals surface area contributed by atoms with Gasteiger partial charge < -0.3 is 9.47 Å². The van der Waals surface area contributed by atoms with Crippen molar-refractivity contribution in [1.29, 1.82) is 0 Å². The molecule has 0 spiro atoms. The first kappa shape index (κ1) is 23.3. The van der Waals surface area contributed by atoms with Crippen molar-refractivity contribution in [2.75, 3.05) is 7.11 Å². The van der Waals surface area contributed by atoms with Crippen LogP contribution < -0.4 is 16.0 Å². The summed E-state index contributed by atoms with van der Waals surface area (Å²) in [5, 5.41) is 0. The van der Waals surface area contributed by atoms with Crippen molar-refractivity contribution in [3.63, 3.8) is 0 Å². The molecule has 9 heteroatoms. The van der Waals surface area contributed by atoms with Gasteiger partial charge in [0, 0.05) is 20.6 Å². The lowest BCUT2D eigenvalue weighted by Gasteiger charge is -2.10. The first-order valence-corrected chi connectivity index (χ1v) is 10.9. The Balaban J connectivity index is 2.00. The van der Waals surface area contributed by atoms with Crippen LogP contribution in [0.3, 0.4) is 0 Å². The Labute approximate surface area is 186 Å². The van der Waals surface area contributed by atoms with E-state index in [2.05, 4.69) is 11.9 Å². The predicted molar refractivity (Wildman–Crippen MR) is 121 cm³/mol. The van der Waals surface area contributed by atoms with Crippen LogP contribution >= 0.6 is 0 Å². The molecule has 0 radical (unpaired) electrons. The van der Waals surface area contributed by atoms with Crippen LogP contribution in [0.5, 0.6) is 11.8 Å². The van der Waals surface area contributed by atoms with Crippen molar-refractivity contribution >= 4 is 17.1 Å². The number of aromatic nitrogens is 4. The maximum Gasteiger partial charge on any atom is 0.337 e. The highest BCUT2D eigenvalue weighted by Crippen LogP contribution is 2.25. The molecule has 0 unspecified atom stereocenters. The van der Waals surface area contributed by atoms with Gasteiger partial charge in [-0.3, -0.25) is 18.5 Å². The van der Waals surface area contributed by atoms with Gasteiger partial charge in [-0.25, -0.2) is 9.59 Å². The molecule has 0 fully saturated rings. The molecule has 0 atom stereocenters. The molecule has 0 amide bonds. The van der Waals surface area contributed by atoms with Crippen molar-refractivity contribution < 1.29 is 14.3 Å². The number of esters is 1. The largest absolute Gasteiger partial charge is 0.465 e. The molecule has 0 aliphatic carbocycles. The molecule has 0 saturated heterocycles. The highest BCUT2D eigenvalue weighted by molar-refractivity contribution is 5.89. The Hall–Kier alpha value is -3.36. The minimum absolute atomic E-state index is 0.203. The number of unbranched alkanes of at least 4 members (excludes halogenated alkanes) is 5. The highest BCUT2D eigenvalue weighted by atomic mass is 16.5. The molecule has 3 aromatic rings. The van der Waals surface area contributed by atoms with Gasteiger partial charge in [0.1, 0.15) is 5.75 Å². The van der Waals surface area contributed by atoms with E-state index in [1.54, 1.807) is 35.9 Å². The first-order chi connectivity index (χ1) is 15.4. The number of ether oxygens (including phenoxy) is 2. The van der Waals surface area contributed by atoms with E-state index in [0.717, 1.165) is 23.8 Å². The summed E-state index contributed by atoms with van der Waals surface area (Å²) in [7, 11) is 4.34. The van der Waals surface area contributed by atoms with Crippen LogP contribution in [-0.4, -0.2) is 31.8 Å². The summed E-state index contributed by atoms with van der Waals surface area (Å²) >= 11 is 0. The molecule has 1 aromatic carbocycles. The second-order valence-electron chi connectivity index (χ2n) is 7.81. The van der Waals surface area contributed by atoms with Gasteiger partial charge in [0.05, 0.1) is 12.7 Å². The van der Waals surface area contributed by atoms with Crippen LogP contribution in [-0.2, 0) is 25.4 Å². The van der Waals surface area contributed by atoms with Crippen molar-refractivity contribution in [3.8, 4) is 11.8 Å². The average Bonchev–Trinajstić information content (AvgIpc) is 3.16. The monoisotopic (exact) mass is 442 g/mol. The van der Waals surface area contributed by atoms with Gasteiger partial charge in [-0.1, -0.05) is 45.1 Å². The maximum absolute atomic E-state index is 12.9. The van der Waals surface area contributed by atoms with E-state index in [-0.39, 0.29) is 11.7 Å². The second kappa shape index (κ2) is 10.3. The SMILES string of the molecule is CCCCCCCCn1c(Oc2cccc(C(=O)OC)c2)nc2c1c(=O)n(C)c(=O)n2C. The zero-order valence-electron chi connectivity index (χ0n) is 19.1. The first-order valence-electron chi connectivity index (χ1n) is 10.9. The van der Waals surface area contributed by atoms with Crippen LogP contribution in [0.1, 0.15) is 55.8 Å². The number of rotatable bonds is 10. The van der Waals surface area contributed by atoms with Crippen LogP contribution in [0.25, 0.3) is 11.2 Å². The van der Waals surface area contributed by atoms with Gasteiger partial charge in [0.2, 0.25) is 0 Å². The van der Waals surface area contributed by atoms with Gasteiger partial charge in [0.15, 0.2) is 11.2 Å². The van der Waals surface area contributed by atoms with E-state index < -0.39 is 17.2 Å². The topological polar surface area (TPSA) is 97.3 Å². The third-order valence-corrected chi connectivity index (χ3v) is 5.51. The van der Waals surface area contributed by atoms with Gasteiger partial charge >= 0.3 is 17.7 Å². The fourth-order valence-electron chi connectivity index (χ4n) is 3.67. The third-order valence-electron chi connectivity index (χ3n) is 5.51. The van der Waals surface area contributed by atoms with Gasteiger partial charge in [0.25, 0.3) is 5.56 Å². The molecule has 3 rings (SSSR count). The zero-order valence-corrected chi connectivity index (χ0v) is 19.1. The van der Waals surface area contributed by atoms with Gasteiger partial charge in [-0.2, -0.15) is 4.98 Å². The van der Waals surface area contributed by atoms with E-state index in [9.17, 15) is 14.4 Å². The van der Waals surface area contributed by atoms with E-state index >= 15 is 0 Å². The van der Waals surface area contributed by atoms with Crippen molar-refractivity contribution in [1.82, 2.24) is 18.7 Å². The number of hydrogen-bond acceptors (Lipinski definition) is 6. The summed E-state index contributed by atoms with van der Waals surface area (Å²) in [6, 6.07) is 6.75. The molecule has 0 bridgehead atoms. The van der Waals surface area contributed by atoms with Gasteiger partial charge in [-0.05, 0) is 24.6 Å². The van der Waals surface area contributed by atoms with Crippen molar-refractivity contribution in [3.05, 3.63) is 50.7 Å². The standard InChI is InChI=1S/C23H30N4O5/c1-5-6-7-8-9-10-14-27-18-19(25(2)23(30)26(3)20(18)28)24-22(27)32-17-13-11-12-16(15-17)21(29)31-4/h11-13,15H,5-10,14H2,1-4H3. The lowest BCUT2D eigenvalue weighted by molar-refractivity contribution is 0.0600. The molecule has 0 N–H and O–H groups in total. The molecule has 0 saturated carbocycles. The molecular formula is C23H30N4O5. The smallest absolute Gasteiger partial charge is 0.337 e. The van der Waals surface area contributed by atoms with Crippen LogP contribution in [0.2, 0.25) is 0 Å². The molecule has 9 nitrogen and oxygen atoms in total. The molecule has 172 valence electrons. The minimum Gasteiger partial charge on any atom is -0.465 e. The summed E-state index contributed by atoms with van der Waals surface area (Å²) in [5.74, 6) is -0.0958. The summed E-state index contributed by atoms with van der Waals surface area (Å²) in [6.07, 6.45) is 6.55. The Morgan fingerprint density at radius 2 is 1.75 bits per heavy atom. The predicted octanol–water partition coefficient (Wildman–Crippen LogP) is 3.37. The highest BCUT2D eigenvalue weighted by Gasteiger charge is 2.20. The number of aryl methyl sites for hydroxylation is 2. The van der Waals surface area contributed by atoms with Crippen molar-refractivity contribution in [2.24, 2.45) is 14.1 Å². The summed E-state index contributed by atoms with van der Waals surface area (Å²) in [5.41, 5.74) is 0.0584. The fourth-order valence-corrected chi connectivity index (χ4v) is 3.67. The lowest BCUT2D eigenvalue weighted by Crippen LogP contribution is -2.37. The van der Waals surface area contributed by atoms with Crippen molar-refractivity contribution in [2.45, 2.75) is 52.0 Å². The molecule has 32 heavy (non-hydrogen) atoms. The maximum atomic E-state index is 12.9. The van der Waals surface area contributed by atoms with E-state index in [4.69, 9.17) is 9.47 Å². The van der Waals surface area contributed by atoms with E-state index in [0.29, 0.717) is 23.4 Å². The number of carbonyl (C=O) groups excluding carboxylic acids is 1. The van der Waals surface area contributed by atoms with Gasteiger partial charge in [-0.15, -0.1) is 0 Å². The fraction of sp³-hybridized carbons (Fsp3) is 0.478. The van der Waals surface area contributed by atoms with Crippen LogP contribution in [0.15, 0.2) is 33.9 Å². The Bertz CT molecular complexity index is 1220. The molecule has 2 heterocycles. The number of imidazole rings is 1. The number of carbonyl (C=O) groups is 1. The summed E-state index contributed by atoms with van der Waals surface area (Å²) in [4.78, 5) is 41.6. The van der Waals surface area contributed by atoms with Crippen LogP contribution in [0, 0.1) is 0 Å². The zero-order chi connectivity index (χ0) is 23.3. The quantitative estimate of drug-likeness (QED) is 0.353. The molecular weight excluding hydrogens is 412 g/mol. The Kier molecular flexibility index (Phi) is 7.50. The number of benzene rings is 1. The molecule has 0 aliphatic rings. The normalized spacial score (nSPS) is 11.1. The number of nitrogens with zero attached hydrogens (tertiary/aromatic N) is 4. The summed E-state index contributed by atoms with van der Waals surface area (Å²) < 4.78 is 14.9. The molecule has 2 aromatic heterocycles. The number of fused-ring (bicyclic) bond motifs is 1. The third kappa shape index (κ3) is 4.76. The lowest BCUT2D eigenvalue weighted by atomic mass is 10.1. The molecule has 0 aliphatic heterocycles. The van der Waals surface area contributed by atoms with E-state index in [1.807, 2.05) is 0 Å². The summed E-state index contributed by atoms with van der Waals surface area (Å²) in [6.45, 7) is 2.71. The Morgan fingerprint density at radius 3 is 2.47 bits per heavy atom. The van der Waals surface area contributed by atoms with E-state index in [1.165, 1.54) is 38.0 Å².